The van der Waals surface area contributed by atoms with Crippen LogP contribution in [0.3, 0.4) is 0 Å². The molecule has 0 radical (unpaired) electrons. The minimum Gasteiger partial charge on any atom is -0.311 e. The smallest absolute Gasteiger partial charge is 0.249 e. The summed E-state index contributed by atoms with van der Waals surface area (Å²) >= 11 is 3.92. The molecule has 0 atom stereocenters. The van der Waals surface area contributed by atoms with Gasteiger partial charge in [-0.15, -0.1) is 11.3 Å². The second-order valence-corrected chi connectivity index (χ2v) is 20.0. The average Bonchev–Trinajstić information content (AvgIpc) is 3.84. The van der Waals surface area contributed by atoms with E-state index in [2.05, 4.69) is 201 Å². The Kier molecular flexibility index (Phi) is 8.46. The summed E-state index contributed by atoms with van der Waals surface area (Å²) in [6.45, 7) is 9.49. The van der Waals surface area contributed by atoms with E-state index in [-0.39, 0.29) is 12.1 Å². The molecular weight excluding hydrogens is 776 g/mol. The Hall–Kier alpha value is -6.01. The van der Waals surface area contributed by atoms with Gasteiger partial charge in [0.1, 0.15) is 0 Å². The second-order valence-electron chi connectivity index (χ2n) is 17.9. The molecule has 0 fully saturated rings. The SMILES string of the molecule is CCCCc1c(N2c3cc(-n4c5ccccc5c5ccccc54)ccc3B3c4cc(-c5ccccc5)ccc4Sc4cc(C(C)(C)C)cc2c43)ccc2c1sc1ccccc12. The van der Waals surface area contributed by atoms with Crippen LogP contribution in [0.4, 0.5) is 17.1 Å². The van der Waals surface area contributed by atoms with Crippen molar-refractivity contribution in [1.29, 1.82) is 0 Å². The predicted octanol–water partition coefficient (Wildman–Crippen LogP) is 14.2. The van der Waals surface area contributed by atoms with Crippen molar-refractivity contribution in [3.05, 3.63) is 175 Å². The molecule has 10 aromatic rings. The second kappa shape index (κ2) is 14.0. The number of fused-ring (bicyclic) bond motifs is 10. The molecule has 12 rings (SSSR count). The van der Waals surface area contributed by atoms with Gasteiger partial charge in [0.25, 0.3) is 0 Å². The molecule has 0 N–H and O–H groups in total. The van der Waals surface area contributed by atoms with Crippen LogP contribution in [0, 0.1) is 0 Å². The molecule has 2 aromatic heterocycles. The molecule has 4 heterocycles. The van der Waals surface area contributed by atoms with Crippen LogP contribution in [0.25, 0.3) is 58.8 Å². The first-order valence-electron chi connectivity index (χ1n) is 21.8. The van der Waals surface area contributed by atoms with Gasteiger partial charge in [-0.2, -0.15) is 0 Å². The van der Waals surface area contributed by atoms with Crippen molar-refractivity contribution in [2.45, 2.75) is 62.2 Å². The predicted molar refractivity (Wildman–Crippen MR) is 266 cm³/mol. The van der Waals surface area contributed by atoms with E-state index in [0.717, 1.165) is 19.3 Å². The molecule has 0 bridgehead atoms. The molecule has 5 heteroatoms. The van der Waals surface area contributed by atoms with Crippen LogP contribution in [0.2, 0.25) is 0 Å². The van der Waals surface area contributed by atoms with Crippen LogP contribution in [0.5, 0.6) is 0 Å². The van der Waals surface area contributed by atoms with Crippen molar-refractivity contribution in [1.82, 2.24) is 4.57 Å². The number of nitrogens with zero attached hydrogens (tertiary/aromatic N) is 2. The Morgan fingerprint density at radius 2 is 1.28 bits per heavy atom. The summed E-state index contributed by atoms with van der Waals surface area (Å²) in [6, 6.07) is 62.1. The highest BCUT2D eigenvalue weighted by atomic mass is 32.2. The summed E-state index contributed by atoms with van der Waals surface area (Å²) in [5, 5.41) is 5.28. The largest absolute Gasteiger partial charge is 0.311 e. The van der Waals surface area contributed by atoms with Crippen LogP contribution in [0.15, 0.2) is 174 Å². The summed E-state index contributed by atoms with van der Waals surface area (Å²) in [7, 11) is 0. The highest BCUT2D eigenvalue weighted by Gasteiger charge is 2.42. The third kappa shape index (κ3) is 5.70. The maximum absolute atomic E-state index is 2.69. The van der Waals surface area contributed by atoms with Gasteiger partial charge in [-0.05, 0) is 106 Å². The fourth-order valence-corrected chi connectivity index (χ4v) is 12.7. The first-order valence-corrected chi connectivity index (χ1v) is 23.4. The van der Waals surface area contributed by atoms with Gasteiger partial charge in [0, 0.05) is 57.8 Å². The van der Waals surface area contributed by atoms with E-state index in [0.29, 0.717) is 0 Å². The van der Waals surface area contributed by atoms with Gasteiger partial charge in [0.2, 0.25) is 6.71 Å². The van der Waals surface area contributed by atoms with Crippen LogP contribution in [-0.2, 0) is 11.8 Å². The van der Waals surface area contributed by atoms with E-state index >= 15 is 0 Å². The van der Waals surface area contributed by atoms with Gasteiger partial charge in [0.05, 0.1) is 16.7 Å². The van der Waals surface area contributed by atoms with Crippen LogP contribution >= 0.6 is 23.1 Å². The fourth-order valence-electron chi connectivity index (χ4n) is 10.2. The minimum absolute atomic E-state index is 0.0454. The molecule has 8 aromatic carbocycles. The van der Waals surface area contributed by atoms with Crippen molar-refractivity contribution in [3.8, 4) is 16.8 Å². The van der Waals surface area contributed by atoms with Crippen molar-refractivity contribution < 1.29 is 0 Å². The highest BCUT2D eigenvalue weighted by Crippen LogP contribution is 2.49. The number of hydrogen-bond donors (Lipinski definition) is 0. The van der Waals surface area contributed by atoms with Crippen LogP contribution in [-0.4, -0.2) is 11.3 Å². The van der Waals surface area contributed by atoms with Gasteiger partial charge in [0.15, 0.2) is 0 Å². The number of unbranched alkanes of at least 4 members (excludes halogenated alkanes) is 1. The molecule has 0 aliphatic carbocycles. The molecule has 2 aliphatic rings. The first kappa shape index (κ1) is 36.8. The van der Waals surface area contributed by atoms with E-state index in [1.165, 1.54) is 113 Å². The molecule has 0 spiro atoms. The summed E-state index contributed by atoms with van der Waals surface area (Å²) < 4.78 is 5.26. The van der Waals surface area contributed by atoms with Crippen molar-refractivity contribution >= 4 is 105 Å². The Bertz CT molecular complexity index is 3330. The lowest BCUT2D eigenvalue weighted by atomic mass is 9.34. The lowest BCUT2D eigenvalue weighted by Crippen LogP contribution is -2.60. The summed E-state index contributed by atoms with van der Waals surface area (Å²) in [5.74, 6) is 0. The summed E-state index contributed by atoms with van der Waals surface area (Å²) in [4.78, 5) is 5.40. The Morgan fingerprint density at radius 1 is 0.557 bits per heavy atom. The van der Waals surface area contributed by atoms with Crippen LogP contribution in [0.1, 0.15) is 51.7 Å². The summed E-state index contributed by atoms with van der Waals surface area (Å²) in [6.07, 6.45) is 3.30. The molecular formula is C56H45BN2S2. The molecule has 0 unspecified atom stereocenters. The molecule has 0 amide bonds. The minimum atomic E-state index is -0.0454. The molecule has 2 aliphatic heterocycles. The average molecular weight is 821 g/mol. The maximum atomic E-state index is 2.69. The molecule has 0 saturated carbocycles. The number of para-hydroxylation sites is 2. The molecule has 0 saturated heterocycles. The molecule has 2 nitrogen and oxygen atoms in total. The van der Waals surface area contributed by atoms with E-state index < -0.39 is 0 Å². The lowest BCUT2D eigenvalue weighted by Gasteiger charge is -2.42. The number of hydrogen-bond acceptors (Lipinski definition) is 3. The Labute approximate surface area is 366 Å². The number of benzene rings is 8. The first-order chi connectivity index (χ1) is 29.9. The highest BCUT2D eigenvalue weighted by molar-refractivity contribution is 8.00. The standard InChI is InChI=1S/C56H45BN2S2/c1-5-6-18-43-48(29-27-42-41-21-12-15-24-51(41)61-55(42)43)59-49-34-38(58-46-22-13-10-19-39(46)40-20-11-14-23-47(40)58)26-28-44(49)57-45-31-36(35-16-8-7-9-17-35)25-30-52(45)60-53-33-37(56(2,3)4)32-50(59)54(53)57/h7-17,19-34H,5-6,18H2,1-4H3. The number of aryl methyl sites for hydroxylation is 1. The van der Waals surface area contributed by atoms with Gasteiger partial charge in [-0.3, -0.25) is 0 Å². The van der Waals surface area contributed by atoms with E-state index in [1.807, 2.05) is 23.1 Å². The van der Waals surface area contributed by atoms with Crippen LogP contribution < -0.4 is 21.3 Å². The van der Waals surface area contributed by atoms with Gasteiger partial charge in [-0.25, -0.2) is 0 Å². The number of thiophene rings is 1. The zero-order chi connectivity index (χ0) is 41.0. The number of rotatable bonds is 6. The normalized spacial score (nSPS) is 13.3. The zero-order valence-electron chi connectivity index (χ0n) is 35.0. The number of aromatic nitrogens is 1. The van der Waals surface area contributed by atoms with Gasteiger partial charge in [-0.1, -0.05) is 161 Å². The third-order valence-corrected chi connectivity index (χ3v) is 15.6. The quantitative estimate of drug-likeness (QED) is 0.154. The zero-order valence-corrected chi connectivity index (χ0v) is 36.6. The van der Waals surface area contributed by atoms with E-state index in [9.17, 15) is 0 Å². The van der Waals surface area contributed by atoms with Crippen molar-refractivity contribution in [2.24, 2.45) is 0 Å². The van der Waals surface area contributed by atoms with Gasteiger partial charge >= 0.3 is 0 Å². The van der Waals surface area contributed by atoms with Gasteiger partial charge < -0.3 is 9.47 Å². The monoisotopic (exact) mass is 820 g/mol. The molecule has 61 heavy (non-hydrogen) atoms. The summed E-state index contributed by atoms with van der Waals surface area (Å²) in [5.41, 5.74) is 17.0. The van der Waals surface area contributed by atoms with E-state index in [1.54, 1.807) is 0 Å². The Balaban J connectivity index is 1.19. The maximum Gasteiger partial charge on any atom is 0.249 e. The Morgan fingerprint density at radius 3 is 2.03 bits per heavy atom. The number of anilines is 3. The van der Waals surface area contributed by atoms with E-state index in [4.69, 9.17) is 0 Å². The lowest BCUT2D eigenvalue weighted by molar-refractivity contribution is 0.589. The molecule has 294 valence electrons. The fraction of sp³-hybridized carbons (Fsp3) is 0.143. The van der Waals surface area contributed by atoms with Crippen molar-refractivity contribution in [2.75, 3.05) is 4.90 Å². The van der Waals surface area contributed by atoms with Crippen molar-refractivity contribution in [3.63, 3.8) is 0 Å². The topological polar surface area (TPSA) is 8.17 Å². The third-order valence-electron chi connectivity index (χ3n) is 13.2.